The minimum absolute atomic E-state index is 0.133. The zero-order chi connectivity index (χ0) is 25.8. The highest BCUT2D eigenvalue weighted by Gasteiger charge is 2.59. The molecular formula is C27H36N4O5. The third kappa shape index (κ3) is 3.92. The lowest BCUT2D eigenvalue weighted by Crippen LogP contribution is -2.50. The summed E-state index contributed by atoms with van der Waals surface area (Å²) in [5.41, 5.74) is 5.09. The summed E-state index contributed by atoms with van der Waals surface area (Å²) in [5, 5.41) is 37.3. The van der Waals surface area contributed by atoms with E-state index in [4.69, 9.17) is 0 Å². The standard InChI is InChI=1S/C27H36N4O5/c1-16(28-29-24-9-5-18(30(33)34)15-25(24)31(35)36)21-7-8-22-20-6-4-17-14-19(32)10-12-26(17,2)23(20)11-13-27(21,22)3/h4-5,9,15,19-23,29,32H,6-8,10-14H2,1-3H3. The number of hydrazone groups is 1. The Labute approximate surface area is 211 Å². The third-order valence-corrected chi connectivity index (χ3v) is 10.3. The Morgan fingerprint density at radius 3 is 2.58 bits per heavy atom. The van der Waals surface area contributed by atoms with Crippen molar-refractivity contribution in [2.45, 2.75) is 78.2 Å². The second-order valence-corrected chi connectivity index (χ2v) is 11.9. The molecule has 5 rings (SSSR count). The number of fused-ring (bicyclic) bond motifs is 5. The summed E-state index contributed by atoms with van der Waals surface area (Å²) in [6, 6.07) is 3.58. The van der Waals surface area contributed by atoms with E-state index in [9.17, 15) is 25.3 Å². The number of nitrogens with one attached hydrogen (secondary N) is 1. The smallest absolute Gasteiger partial charge is 0.301 e. The molecule has 1 aromatic carbocycles. The molecule has 0 aromatic heterocycles. The van der Waals surface area contributed by atoms with E-state index in [0.29, 0.717) is 23.7 Å². The highest BCUT2D eigenvalue weighted by Crippen LogP contribution is 2.66. The fraction of sp³-hybridized carbons (Fsp3) is 0.667. The largest absolute Gasteiger partial charge is 0.393 e. The molecular weight excluding hydrogens is 460 g/mol. The molecule has 0 radical (unpaired) electrons. The van der Waals surface area contributed by atoms with Crippen LogP contribution in [0.1, 0.15) is 72.1 Å². The van der Waals surface area contributed by atoms with Crippen LogP contribution >= 0.6 is 0 Å². The molecule has 7 atom stereocenters. The number of allylic oxidation sites excluding steroid dienone is 1. The Morgan fingerprint density at radius 2 is 1.86 bits per heavy atom. The summed E-state index contributed by atoms with van der Waals surface area (Å²) < 4.78 is 0. The quantitative estimate of drug-likeness (QED) is 0.215. The second-order valence-electron chi connectivity index (χ2n) is 11.9. The number of hydrogen-bond acceptors (Lipinski definition) is 7. The van der Waals surface area contributed by atoms with Crippen molar-refractivity contribution in [1.29, 1.82) is 0 Å². The van der Waals surface area contributed by atoms with Gasteiger partial charge in [0.05, 0.1) is 22.0 Å². The number of nitrogens with zero attached hydrogens (tertiary/aromatic N) is 3. The Morgan fingerprint density at radius 1 is 1.08 bits per heavy atom. The molecule has 7 unspecified atom stereocenters. The normalized spacial score (nSPS) is 37.8. The minimum Gasteiger partial charge on any atom is -0.393 e. The van der Waals surface area contributed by atoms with E-state index in [1.807, 2.05) is 6.92 Å². The maximum atomic E-state index is 11.5. The molecule has 0 heterocycles. The summed E-state index contributed by atoms with van der Waals surface area (Å²) in [5.74, 6) is 2.22. The molecule has 2 N–H and O–H groups in total. The average molecular weight is 497 g/mol. The van der Waals surface area contributed by atoms with Crippen LogP contribution in [0, 0.1) is 54.7 Å². The molecule has 3 fully saturated rings. The van der Waals surface area contributed by atoms with Gasteiger partial charge >= 0.3 is 5.69 Å². The van der Waals surface area contributed by atoms with E-state index in [0.717, 1.165) is 56.7 Å². The van der Waals surface area contributed by atoms with Gasteiger partial charge in [0.2, 0.25) is 0 Å². The highest BCUT2D eigenvalue weighted by molar-refractivity contribution is 5.86. The first-order valence-electron chi connectivity index (χ1n) is 13.1. The lowest BCUT2D eigenvalue weighted by atomic mass is 9.47. The monoisotopic (exact) mass is 496 g/mol. The van der Waals surface area contributed by atoms with Crippen LogP contribution in [-0.4, -0.2) is 26.8 Å². The zero-order valence-electron chi connectivity index (χ0n) is 21.3. The van der Waals surface area contributed by atoms with Crippen LogP contribution in [0.4, 0.5) is 17.1 Å². The van der Waals surface area contributed by atoms with Crippen molar-refractivity contribution in [2.24, 2.45) is 39.6 Å². The third-order valence-electron chi connectivity index (χ3n) is 10.3. The van der Waals surface area contributed by atoms with Crippen LogP contribution in [0.3, 0.4) is 0 Å². The van der Waals surface area contributed by atoms with Crippen LogP contribution in [0.2, 0.25) is 0 Å². The van der Waals surface area contributed by atoms with Gasteiger partial charge < -0.3 is 5.11 Å². The lowest BCUT2D eigenvalue weighted by molar-refractivity contribution is -0.393. The van der Waals surface area contributed by atoms with Crippen molar-refractivity contribution in [1.82, 2.24) is 0 Å². The topological polar surface area (TPSA) is 131 Å². The average Bonchev–Trinajstić information content (AvgIpc) is 3.20. The number of nitro groups is 2. The highest BCUT2D eigenvalue weighted by atomic mass is 16.6. The zero-order valence-corrected chi connectivity index (χ0v) is 21.3. The van der Waals surface area contributed by atoms with Gasteiger partial charge in [0.15, 0.2) is 0 Å². The Balaban J connectivity index is 1.36. The van der Waals surface area contributed by atoms with Crippen molar-refractivity contribution in [2.75, 3.05) is 5.43 Å². The molecule has 0 amide bonds. The Kier molecular flexibility index (Phi) is 6.17. The van der Waals surface area contributed by atoms with Gasteiger partial charge in [0.25, 0.3) is 5.69 Å². The van der Waals surface area contributed by atoms with Crippen LogP contribution in [0.25, 0.3) is 0 Å². The van der Waals surface area contributed by atoms with Gasteiger partial charge in [-0.15, -0.1) is 0 Å². The van der Waals surface area contributed by atoms with E-state index in [1.54, 1.807) is 0 Å². The van der Waals surface area contributed by atoms with Gasteiger partial charge in [-0.1, -0.05) is 25.5 Å². The number of non-ortho nitro benzene ring substituents is 1. The van der Waals surface area contributed by atoms with Gasteiger partial charge in [-0.25, -0.2) is 0 Å². The second kappa shape index (κ2) is 8.94. The number of aliphatic hydroxyl groups excluding tert-OH is 1. The number of hydrogen-bond donors (Lipinski definition) is 2. The van der Waals surface area contributed by atoms with Crippen LogP contribution in [0.5, 0.6) is 0 Å². The number of nitro benzene ring substituents is 2. The molecule has 0 spiro atoms. The van der Waals surface area contributed by atoms with Crippen LogP contribution in [-0.2, 0) is 0 Å². The summed E-state index contributed by atoms with van der Waals surface area (Å²) in [6.07, 6.45) is 10.7. The van der Waals surface area contributed by atoms with Crippen molar-refractivity contribution < 1.29 is 15.0 Å². The molecule has 9 heteroatoms. The van der Waals surface area contributed by atoms with Gasteiger partial charge in [-0.05, 0) is 92.9 Å². The number of rotatable bonds is 5. The molecule has 36 heavy (non-hydrogen) atoms. The summed E-state index contributed by atoms with van der Waals surface area (Å²) in [7, 11) is 0. The van der Waals surface area contributed by atoms with Crippen molar-refractivity contribution in [3.8, 4) is 0 Å². The SMILES string of the molecule is CC(=NNc1ccc([N+](=O)[O-])cc1[N+](=O)[O-])C1CCC2C3CC=C4CC(O)CCC4(C)C3CCC12C. The van der Waals surface area contributed by atoms with Gasteiger partial charge in [-0.3, -0.25) is 25.7 Å². The van der Waals surface area contributed by atoms with E-state index in [-0.39, 0.29) is 34.0 Å². The van der Waals surface area contributed by atoms with Gasteiger partial charge in [0.1, 0.15) is 5.69 Å². The fourth-order valence-electron chi connectivity index (χ4n) is 8.43. The number of benzene rings is 1. The predicted octanol–water partition coefficient (Wildman–Crippen LogP) is 6.23. The molecule has 3 saturated carbocycles. The molecule has 9 nitrogen and oxygen atoms in total. The number of anilines is 1. The van der Waals surface area contributed by atoms with Crippen LogP contribution < -0.4 is 5.43 Å². The predicted molar refractivity (Wildman–Crippen MR) is 138 cm³/mol. The summed E-state index contributed by atoms with van der Waals surface area (Å²) in [6.45, 7) is 6.84. The molecule has 0 saturated heterocycles. The van der Waals surface area contributed by atoms with Gasteiger partial charge in [0, 0.05) is 17.7 Å². The van der Waals surface area contributed by atoms with Crippen molar-refractivity contribution in [3.05, 3.63) is 50.1 Å². The number of aliphatic hydroxyl groups is 1. The maximum absolute atomic E-state index is 11.5. The molecule has 0 bridgehead atoms. The molecule has 4 aliphatic rings. The van der Waals surface area contributed by atoms with E-state index in [2.05, 4.69) is 30.5 Å². The van der Waals surface area contributed by atoms with Crippen molar-refractivity contribution in [3.63, 3.8) is 0 Å². The van der Waals surface area contributed by atoms with Crippen molar-refractivity contribution >= 4 is 22.8 Å². The van der Waals surface area contributed by atoms with Gasteiger partial charge in [-0.2, -0.15) is 5.10 Å². The van der Waals surface area contributed by atoms with Crippen LogP contribution in [0.15, 0.2) is 34.9 Å². The first kappa shape index (κ1) is 24.9. The summed E-state index contributed by atoms with van der Waals surface area (Å²) in [4.78, 5) is 21.3. The molecule has 4 aliphatic carbocycles. The first-order valence-corrected chi connectivity index (χ1v) is 13.1. The van der Waals surface area contributed by atoms with E-state index >= 15 is 0 Å². The molecule has 194 valence electrons. The molecule has 0 aliphatic heterocycles. The molecule has 1 aromatic rings. The minimum atomic E-state index is -0.638. The lowest BCUT2D eigenvalue weighted by Gasteiger charge is -2.58. The summed E-state index contributed by atoms with van der Waals surface area (Å²) >= 11 is 0. The maximum Gasteiger partial charge on any atom is 0.301 e. The Hall–Kier alpha value is -2.81. The Bertz CT molecular complexity index is 1150. The van der Waals surface area contributed by atoms with E-state index < -0.39 is 9.85 Å². The fourth-order valence-corrected chi connectivity index (χ4v) is 8.43. The first-order chi connectivity index (χ1) is 17.0. The van der Waals surface area contributed by atoms with E-state index in [1.165, 1.54) is 24.1 Å².